The maximum absolute atomic E-state index is 11.3. The average Bonchev–Trinajstić information content (AvgIpc) is 2.69. The van der Waals surface area contributed by atoms with E-state index in [1.807, 2.05) is 0 Å². The van der Waals surface area contributed by atoms with Crippen molar-refractivity contribution in [2.45, 2.75) is 0 Å². The normalized spacial score (nSPS) is 11.4. The van der Waals surface area contributed by atoms with Gasteiger partial charge in [-0.15, -0.1) is 0 Å². The number of carbonyl (C=O) groups is 1. The van der Waals surface area contributed by atoms with E-state index in [1.165, 1.54) is 18.4 Å². The zero-order valence-corrected chi connectivity index (χ0v) is 7.59. The summed E-state index contributed by atoms with van der Waals surface area (Å²) < 4.78 is 4.97. The van der Waals surface area contributed by atoms with Crippen molar-refractivity contribution < 1.29 is 19.4 Å². The molecule has 76 valence electrons. The fourth-order valence-electron chi connectivity index (χ4n) is 0.924. The molecule has 4 nitrogen and oxygen atoms in total. The molecule has 0 saturated heterocycles. The highest BCUT2D eigenvalue weighted by molar-refractivity contribution is 5.95. The van der Waals surface area contributed by atoms with Gasteiger partial charge in [-0.1, -0.05) is 0 Å². The second-order valence-electron chi connectivity index (χ2n) is 2.81. The van der Waals surface area contributed by atoms with Gasteiger partial charge in [-0.25, -0.2) is 0 Å². The summed E-state index contributed by atoms with van der Waals surface area (Å²) in [7, 11) is 0. The monoisotopic (exact) mass is 196 g/mol. The minimum absolute atomic E-state index is 0.314. The van der Waals surface area contributed by atoms with Crippen molar-refractivity contribution in [3.05, 3.63) is 30.2 Å². The molecular formula is C10H12O4. The van der Waals surface area contributed by atoms with Gasteiger partial charge in [-0.05, 0) is 24.3 Å². The SMILES string of the molecule is O=C(C=Cc1ccco1)C(CO)CO. The van der Waals surface area contributed by atoms with Gasteiger partial charge in [0, 0.05) is 0 Å². The summed E-state index contributed by atoms with van der Waals surface area (Å²) in [5, 5.41) is 17.4. The summed E-state index contributed by atoms with van der Waals surface area (Å²) in [6.07, 6.45) is 4.29. The van der Waals surface area contributed by atoms with Crippen molar-refractivity contribution in [3.8, 4) is 0 Å². The van der Waals surface area contributed by atoms with Crippen molar-refractivity contribution >= 4 is 11.9 Å². The number of hydrogen-bond acceptors (Lipinski definition) is 4. The molecule has 0 unspecified atom stereocenters. The molecule has 1 aromatic heterocycles. The number of carbonyl (C=O) groups excluding carboxylic acids is 1. The van der Waals surface area contributed by atoms with Gasteiger partial charge in [0.15, 0.2) is 5.78 Å². The highest BCUT2D eigenvalue weighted by atomic mass is 16.3. The van der Waals surface area contributed by atoms with Crippen LogP contribution in [0.25, 0.3) is 6.08 Å². The van der Waals surface area contributed by atoms with Crippen molar-refractivity contribution in [1.29, 1.82) is 0 Å². The number of hydrogen-bond donors (Lipinski definition) is 2. The van der Waals surface area contributed by atoms with E-state index in [0.717, 1.165) is 0 Å². The molecule has 14 heavy (non-hydrogen) atoms. The van der Waals surface area contributed by atoms with Crippen molar-refractivity contribution in [2.24, 2.45) is 5.92 Å². The lowest BCUT2D eigenvalue weighted by atomic mass is 10.1. The third kappa shape index (κ3) is 2.83. The molecule has 0 aliphatic rings. The van der Waals surface area contributed by atoms with Gasteiger partial charge in [0.25, 0.3) is 0 Å². The van der Waals surface area contributed by atoms with Crippen LogP contribution >= 0.6 is 0 Å². The molecule has 1 heterocycles. The van der Waals surface area contributed by atoms with E-state index in [1.54, 1.807) is 12.1 Å². The van der Waals surface area contributed by atoms with Crippen LogP contribution in [0.3, 0.4) is 0 Å². The van der Waals surface area contributed by atoms with Crippen molar-refractivity contribution in [3.63, 3.8) is 0 Å². The Morgan fingerprint density at radius 3 is 2.71 bits per heavy atom. The lowest BCUT2D eigenvalue weighted by Crippen LogP contribution is -2.20. The lowest BCUT2D eigenvalue weighted by molar-refractivity contribution is -0.120. The predicted molar refractivity (Wildman–Crippen MR) is 50.4 cm³/mol. The Kier molecular flexibility index (Phi) is 4.10. The van der Waals surface area contributed by atoms with E-state index in [-0.39, 0.29) is 19.0 Å². The zero-order valence-electron chi connectivity index (χ0n) is 7.59. The van der Waals surface area contributed by atoms with Gasteiger partial charge < -0.3 is 14.6 Å². The van der Waals surface area contributed by atoms with Crippen LogP contribution in [-0.4, -0.2) is 29.2 Å². The first kappa shape index (κ1) is 10.7. The molecule has 0 spiro atoms. The second-order valence-corrected chi connectivity index (χ2v) is 2.81. The van der Waals surface area contributed by atoms with Crippen LogP contribution in [0, 0.1) is 5.92 Å². The van der Waals surface area contributed by atoms with Gasteiger partial charge >= 0.3 is 0 Å². The van der Waals surface area contributed by atoms with E-state index < -0.39 is 5.92 Å². The predicted octanol–water partition coefficient (Wildman–Crippen LogP) is 0.463. The van der Waals surface area contributed by atoms with Crippen LogP contribution in [0.15, 0.2) is 28.9 Å². The fraction of sp³-hybridized carbons (Fsp3) is 0.300. The van der Waals surface area contributed by atoms with Crippen LogP contribution in [0.4, 0.5) is 0 Å². The van der Waals surface area contributed by atoms with Crippen LogP contribution in [-0.2, 0) is 4.79 Å². The first-order valence-corrected chi connectivity index (χ1v) is 4.25. The number of allylic oxidation sites excluding steroid dienone is 1. The topological polar surface area (TPSA) is 70.7 Å². The minimum Gasteiger partial charge on any atom is -0.465 e. The first-order valence-electron chi connectivity index (χ1n) is 4.25. The Hall–Kier alpha value is -1.39. The van der Waals surface area contributed by atoms with Gasteiger partial charge in [0.1, 0.15) is 5.76 Å². The fourth-order valence-corrected chi connectivity index (χ4v) is 0.924. The van der Waals surface area contributed by atoms with Gasteiger partial charge in [-0.2, -0.15) is 0 Å². The standard InChI is InChI=1S/C10H12O4/c11-6-8(7-12)10(13)4-3-9-2-1-5-14-9/h1-5,8,11-12H,6-7H2. The summed E-state index contributed by atoms with van der Waals surface area (Å²) in [6, 6.07) is 3.41. The van der Waals surface area contributed by atoms with Gasteiger partial charge in [-0.3, -0.25) is 4.79 Å². The third-order valence-electron chi connectivity index (χ3n) is 1.80. The van der Waals surface area contributed by atoms with Crippen LogP contribution in [0.1, 0.15) is 5.76 Å². The molecule has 1 aromatic rings. The largest absolute Gasteiger partial charge is 0.465 e. The molecule has 2 N–H and O–H groups in total. The van der Waals surface area contributed by atoms with Crippen molar-refractivity contribution in [2.75, 3.05) is 13.2 Å². The third-order valence-corrected chi connectivity index (χ3v) is 1.80. The summed E-state index contributed by atoms with van der Waals surface area (Å²) >= 11 is 0. The Morgan fingerprint density at radius 1 is 1.50 bits per heavy atom. The summed E-state index contributed by atoms with van der Waals surface area (Å²) in [5.41, 5.74) is 0. The molecule has 0 saturated carbocycles. The van der Waals surface area contributed by atoms with E-state index in [2.05, 4.69) is 0 Å². The molecule has 0 aromatic carbocycles. The summed E-state index contributed by atoms with van der Waals surface area (Å²) in [4.78, 5) is 11.3. The highest BCUT2D eigenvalue weighted by Crippen LogP contribution is 2.04. The minimum atomic E-state index is -0.735. The van der Waals surface area contributed by atoms with Crippen LogP contribution in [0.2, 0.25) is 0 Å². The smallest absolute Gasteiger partial charge is 0.163 e. The molecule has 0 aliphatic heterocycles. The van der Waals surface area contributed by atoms with Crippen LogP contribution in [0.5, 0.6) is 0 Å². The van der Waals surface area contributed by atoms with Crippen LogP contribution < -0.4 is 0 Å². The maximum Gasteiger partial charge on any atom is 0.163 e. The van der Waals surface area contributed by atoms with Gasteiger partial charge in [0.05, 0.1) is 25.4 Å². The van der Waals surface area contributed by atoms with E-state index in [9.17, 15) is 4.79 Å². The maximum atomic E-state index is 11.3. The molecule has 0 bridgehead atoms. The van der Waals surface area contributed by atoms with E-state index in [4.69, 9.17) is 14.6 Å². The Bertz CT molecular complexity index is 296. The van der Waals surface area contributed by atoms with E-state index in [0.29, 0.717) is 5.76 Å². The quantitative estimate of drug-likeness (QED) is 0.671. The summed E-state index contributed by atoms with van der Waals surface area (Å²) in [5.74, 6) is -0.486. The Labute approximate surface area is 81.5 Å². The number of aliphatic hydroxyl groups is 2. The highest BCUT2D eigenvalue weighted by Gasteiger charge is 2.12. The number of aliphatic hydroxyl groups excluding tert-OH is 2. The first-order chi connectivity index (χ1) is 6.77. The molecule has 0 aliphatic carbocycles. The molecule has 0 amide bonds. The molecule has 1 rings (SSSR count). The zero-order chi connectivity index (χ0) is 10.4. The number of ketones is 1. The molecule has 4 heteroatoms. The van der Waals surface area contributed by atoms with Crippen molar-refractivity contribution in [1.82, 2.24) is 0 Å². The van der Waals surface area contributed by atoms with E-state index >= 15 is 0 Å². The second kappa shape index (κ2) is 5.36. The van der Waals surface area contributed by atoms with Gasteiger partial charge in [0.2, 0.25) is 0 Å². The lowest BCUT2D eigenvalue weighted by Gasteiger charge is -2.04. The number of rotatable bonds is 5. The Balaban J connectivity index is 2.55. The number of furan rings is 1. The molecule has 0 radical (unpaired) electrons. The molecule has 0 atom stereocenters. The average molecular weight is 196 g/mol. The summed E-state index contributed by atoms with van der Waals surface area (Å²) in [6.45, 7) is -0.699. The molecular weight excluding hydrogens is 184 g/mol. The Morgan fingerprint density at radius 2 is 2.21 bits per heavy atom. The molecule has 0 fully saturated rings.